The smallest absolute Gasteiger partial charge is 0.436 e. The highest BCUT2D eigenvalue weighted by atomic mass is 19.2. The van der Waals surface area contributed by atoms with Gasteiger partial charge in [0, 0.05) is 0 Å². The lowest BCUT2D eigenvalue weighted by atomic mass is 9.99. The number of alkyl halides is 1. The molecule has 0 saturated carbocycles. The van der Waals surface area contributed by atoms with E-state index in [1.165, 1.54) is 6.07 Å². The van der Waals surface area contributed by atoms with E-state index in [9.17, 15) is 18.0 Å². The van der Waals surface area contributed by atoms with E-state index in [1.54, 1.807) is 13.8 Å². The predicted molar refractivity (Wildman–Crippen MR) is 86.7 cm³/mol. The van der Waals surface area contributed by atoms with Crippen LogP contribution in [-0.2, 0) is 4.74 Å². The minimum Gasteiger partial charge on any atom is -0.445 e. The van der Waals surface area contributed by atoms with Crippen LogP contribution in [0.1, 0.15) is 25.5 Å². The summed E-state index contributed by atoms with van der Waals surface area (Å²) < 4.78 is 44.7. The lowest BCUT2D eigenvalue weighted by Gasteiger charge is -2.07. The summed E-state index contributed by atoms with van der Waals surface area (Å²) in [6.07, 6.45) is -0.0161. The molecule has 2 aromatic rings. The van der Waals surface area contributed by atoms with Gasteiger partial charge in [-0.15, -0.1) is 4.68 Å². The fraction of sp³-hybridized carbons (Fsp3) is 0.312. The van der Waals surface area contributed by atoms with Gasteiger partial charge in [-0.3, -0.25) is 0 Å². The first-order valence-corrected chi connectivity index (χ1v) is 7.46. The third-order valence-electron chi connectivity index (χ3n) is 3.32. The molecule has 0 aliphatic carbocycles. The first-order chi connectivity index (χ1) is 11.9. The molecular weight excluding hydrogens is 337 g/mol. The first kappa shape index (κ1) is 18.5. The average molecular weight is 354 g/mol. The summed E-state index contributed by atoms with van der Waals surface area (Å²) in [6.45, 7) is 2.31. The minimum atomic E-state index is -1.05. The maximum Gasteiger partial charge on any atom is 0.436 e. The van der Waals surface area contributed by atoms with Crippen LogP contribution in [-0.4, -0.2) is 35.5 Å². The molecule has 0 fully saturated rings. The summed E-state index contributed by atoms with van der Waals surface area (Å²) in [5.74, 6) is -2.25. The van der Waals surface area contributed by atoms with Gasteiger partial charge in [0.1, 0.15) is 13.3 Å². The van der Waals surface area contributed by atoms with Crippen molar-refractivity contribution in [3.63, 3.8) is 0 Å². The molecule has 0 aliphatic rings. The monoisotopic (exact) mass is 354 g/mol. The Morgan fingerprint density at radius 3 is 2.68 bits per heavy atom. The molecule has 0 spiro atoms. The summed E-state index contributed by atoms with van der Waals surface area (Å²) in [4.78, 5) is 16.0. The van der Waals surface area contributed by atoms with E-state index in [-0.39, 0.29) is 17.3 Å². The van der Waals surface area contributed by atoms with Gasteiger partial charge >= 0.3 is 6.09 Å². The van der Waals surface area contributed by atoms with Gasteiger partial charge in [0.05, 0.1) is 17.6 Å². The van der Waals surface area contributed by atoms with Gasteiger partial charge in [-0.2, -0.15) is 5.10 Å². The number of ether oxygens (including phenoxy) is 1. The number of benzene rings is 1. The number of hydrogen-bond donors (Lipinski definition) is 1. The molecule has 9 heteroatoms. The largest absolute Gasteiger partial charge is 0.445 e. The van der Waals surface area contributed by atoms with Gasteiger partial charge in [-0.25, -0.2) is 23.0 Å². The summed E-state index contributed by atoms with van der Waals surface area (Å²) in [5, 5.41) is 4.14. The molecule has 0 atom stereocenters. The quantitative estimate of drug-likeness (QED) is 0.658. The van der Waals surface area contributed by atoms with Gasteiger partial charge in [-0.05, 0) is 23.6 Å². The lowest BCUT2D eigenvalue weighted by Crippen LogP contribution is -2.16. The molecule has 0 radical (unpaired) electrons. The molecule has 0 saturated heterocycles. The van der Waals surface area contributed by atoms with Gasteiger partial charge in [-0.1, -0.05) is 19.9 Å². The Hall–Kier alpha value is -2.84. The van der Waals surface area contributed by atoms with Gasteiger partial charge < -0.3 is 10.5 Å². The molecule has 0 bridgehead atoms. The standard InChI is InChI=1S/C16H17F3N4O2/c1-9(2)14-13(10-3-4-11(18)12(19)7-10)15(21-8-20)23(22-14)16(24)25-6-5-17/h3-4,7-9H,5-6H2,1-2H3,(H2,20,21). The van der Waals surface area contributed by atoms with Crippen LogP contribution in [0.2, 0.25) is 0 Å². The molecule has 134 valence electrons. The third-order valence-corrected chi connectivity index (χ3v) is 3.32. The normalized spacial score (nSPS) is 11.4. The second kappa shape index (κ2) is 7.82. The Balaban J connectivity index is 2.69. The van der Waals surface area contributed by atoms with Crippen LogP contribution >= 0.6 is 0 Å². The second-order valence-electron chi connectivity index (χ2n) is 5.36. The number of nitrogens with two attached hydrogens (primary N) is 1. The van der Waals surface area contributed by atoms with E-state index in [4.69, 9.17) is 10.5 Å². The van der Waals surface area contributed by atoms with E-state index >= 15 is 0 Å². The third kappa shape index (κ3) is 3.81. The van der Waals surface area contributed by atoms with E-state index in [2.05, 4.69) is 10.1 Å². The summed E-state index contributed by atoms with van der Waals surface area (Å²) in [5.41, 5.74) is 6.33. The van der Waals surface area contributed by atoms with Crippen LogP contribution in [0.15, 0.2) is 23.2 Å². The maximum absolute atomic E-state index is 13.6. The van der Waals surface area contributed by atoms with Crippen LogP contribution in [0.3, 0.4) is 0 Å². The predicted octanol–water partition coefficient (Wildman–Crippen LogP) is 3.52. The zero-order valence-electron chi connectivity index (χ0n) is 13.7. The number of halogens is 3. The zero-order chi connectivity index (χ0) is 18.6. The Kier molecular flexibility index (Phi) is 5.79. The molecule has 1 aromatic heterocycles. The van der Waals surface area contributed by atoms with Crippen molar-refractivity contribution >= 4 is 18.2 Å². The summed E-state index contributed by atoms with van der Waals surface area (Å²) in [6, 6.07) is 3.28. The average Bonchev–Trinajstić information content (AvgIpc) is 2.95. The highest BCUT2D eigenvalue weighted by Gasteiger charge is 2.25. The van der Waals surface area contributed by atoms with E-state index in [0.717, 1.165) is 23.2 Å². The van der Waals surface area contributed by atoms with Gasteiger partial charge in [0.15, 0.2) is 17.5 Å². The number of nitrogens with zero attached hydrogens (tertiary/aromatic N) is 3. The molecule has 25 heavy (non-hydrogen) atoms. The van der Waals surface area contributed by atoms with Crippen LogP contribution in [0.5, 0.6) is 0 Å². The van der Waals surface area contributed by atoms with Crippen molar-refractivity contribution in [3.8, 4) is 11.1 Å². The second-order valence-corrected chi connectivity index (χ2v) is 5.36. The lowest BCUT2D eigenvalue weighted by molar-refractivity contribution is 0.136. The number of carbonyl (C=O) groups is 1. The van der Waals surface area contributed by atoms with Gasteiger partial charge in [0.2, 0.25) is 0 Å². The van der Waals surface area contributed by atoms with Gasteiger partial charge in [0.25, 0.3) is 0 Å². The van der Waals surface area contributed by atoms with Crippen molar-refractivity contribution in [3.05, 3.63) is 35.5 Å². The van der Waals surface area contributed by atoms with E-state index in [1.807, 2.05) is 0 Å². The number of rotatable bonds is 5. The number of aliphatic imine (C=N–C) groups is 1. The topological polar surface area (TPSA) is 82.5 Å². The van der Waals surface area contributed by atoms with Crippen LogP contribution in [0, 0.1) is 11.6 Å². The number of aromatic nitrogens is 2. The van der Waals surface area contributed by atoms with Crippen LogP contribution in [0.25, 0.3) is 11.1 Å². The van der Waals surface area contributed by atoms with Crippen LogP contribution in [0.4, 0.5) is 23.8 Å². The molecule has 0 unspecified atom stereocenters. The molecular formula is C16H17F3N4O2. The van der Waals surface area contributed by atoms with E-state index in [0.29, 0.717) is 11.3 Å². The van der Waals surface area contributed by atoms with E-state index < -0.39 is 31.0 Å². The minimum absolute atomic E-state index is 0.0129. The zero-order valence-corrected chi connectivity index (χ0v) is 13.7. The molecule has 0 aliphatic heterocycles. The van der Waals surface area contributed by atoms with Crippen molar-refractivity contribution < 1.29 is 22.7 Å². The Morgan fingerprint density at radius 2 is 2.12 bits per heavy atom. The SMILES string of the molecule is CC(C)c1nn(C(=O)OCCF)c(/N=C\N)c1-c1ccc(F)c(F)c1. The van der Waals surface area contributed by atoms with Crippen molar-refractivity contribution in [1.82, 2.24) is 9.78 Å². The molecule has 6 nitrogen and oxygen atoms in total. The fourth-order valence-electron chi connectivity index (χ4n) is 2.26. The number of hydrogen-bond acceptors (Lipinski definition) is 4. The van der Waals surface area contributed by atoms with Crippen molar-refractivity contribution in [2.45, 2.75) is 19.8 Å². The molecule has 0 amide bonds. The van der Waals surface area contributed by atoms with Crippen molar-refractivity contribution in [2.24, 2.45) is 10.7 Å². The molecule has 1 aromatic carbocycles. The Morgan fingerprint density at radius 1 is 1.40 bits per heavy atom. The highest BCUT2D eigenvalue weighted by Crippen LogP contribution is 2.37. The van der Waals surface area contributed by atoms with Crippen LogP contribution < -0.4 is 5.73 Å². The molecule has 1 heterocycles. The Bertz CT molecular complexity index is 803. The maximum atomic E-state index is 13.6. The fourth-order valence-corrected chi connectivity index (χ4v) is 2.26. The first-order valence-electron chi connectivity index (χ1n) is 7.46. The number of carbonyl (C=O) groups excluding carboxylic acids is 1. The summed E-state index contributed by atoms with van der Waals surface area (Å²) in [7, 11) is 0. The van der Waals surface area contributed by atoms with Crippen molar-refractivity contribution in [2.75, 3.05) is 13.3 Å². The molecule has 2 rings (SSSR count). The molecule has 2 N–H and O–H groups in total. The highest BCUT2D eigenvalue weighted by molar-refractivity contribution is 5.85. The summed E-state index contributed by atoms with van der Waals surface area (Å²) >= 11 is 0. The Labute approximate surface area is 142 Å². The van der Waals surface area contributed by atoms with Crippen molar-refractivity contribution in [1.29, 1.82) is 0 Å².